The van der Waals surface area contributed by atoms with Gasteiger partial charge in [-0.15, -0.1) is 11.3 Å². The summed E-state index contributed by atoms with van der Waals surface area (Å²) in [5.41, 5.74) is 1.46. The Hall–Kier alpha value is -2.71. The fourth-order valence-electron chi connectivity index (χ4n) is 2.84. The molecule has 7 nitrogen and oxygen atoms in total. The van der Waals surface area contributed by atoms with E-state index in [1.165, 1.54) is 11.3 Å². The van der Waals surface area contributed by atoms with Gasteiger partial charge in [0.1, 0.15) is 16.4 Å². The minimum absolute atomic E-state index is 0.206. The molecular weight excluding hydrogens is 364 g/mol. The highest BCUT2D eigenvalue weighted by molar-refractivity contribution is 7.20. The van der Waals surface area contributed by atoms with Crippen LogP contribution in [-0.4, -0.2) is 46.5 Å². The molecule has 0 saturated carbocycles. The molecule has 0 aliphatic rings. The topological polar surface area (TPSA) is 98.3 Å². The average Bonchev–Trinajstić information content (AvgIpc) is 2.93. The van der Waals surface area contributed by atoms with Gasteiger partial charge in [-0.1, -0.05) is 12.1 Å². The first-order valence-corrected chi connectivity index (χ1v) is 9.40. The second kappa shape index (κ2) is 7.89. The number of hydrogen-bond acceptors (Lipinski definition) is 6. The van der Waals surface area contributed by atoms with Crippen LogP contribution in [-0.2, 0) is 13.0 Å². The average molecular weight is 386 g/mol. The third-order valence-corrected chi connectivity index (χ3v) is 5.34. The van der Waals surface area contributed by atoms with E-state index in [9.17, 15) is 14.7 Å². The minimum atomic E-state index is -0.214. The number of aromatic nitrogens is 2. The number of phenolic OH excluding ortho intramolecular Hbond substituents is 1. The first-order chi connectivity index (χ1) is 12.8. The Morgan fingerprint density at radius 1 is 1.30 bits per heavy atom. The second-order valence-electron chi connectivity index (χ2n) is 6.66. The van der Waals surface area contributed by atoms with Gasteiger partial charge in [0.2, 0.25) is 0 Å². The van der Waals surface area contributed by atoms with Crippen LogP contribution >= 0.6 is 11.3 Å². The summed E-state index contributed by atoms with van der Waals surface area (Å²) in [6, 6.07) is 6.89. The van der Waals surface area contributed by atoms with Gasteiger partial charge in [0.25, 0.3) is 11.5 Å². The zero-order chi connectivity index (χ0) is 19.6. The molecule has 1 aromatic carbocycles. The smallest absolute Gasteiger partial charge is 0.261 e. The van der Waals surface area contributed by atoms with E-state index in [2.05, 4.69) is 15.3 Å². The number of fused-ring (bicyclic) bond motifs is 1. The van der Waals surface area contributed by atoms with E-state index < -0.39 is 0 Å². The Bertz CT molecular complexity index is 1020. The van der Waals surface area contributed by atoms with E-state index in [0.29, 0.717) is 46.0 Å². The lowest BCUT2D eigenvalue weighted by Crippen LogP contribution is -2.25. The van der Waals surface area contributed by atoms with Crippen molar-refractivity contribution in [1.29, 1.82) is 0 Å². The predicted molar refractivity (Wildman–Crippen MR) is 107 cm³/mol. The monoisotopic (exact) mass is 386 g/mol. The summed E-state index contributed by atoms with van der Waals surface area (Å²) < 4.78 is 0. The largest absolute Gasteiger partial charge is 0.508 e. The van der Waals surface area contributed by atoms with E-state index in [1.807, 2.05) is 31.1 Å². The summed E-state index contributed by atoms with van der Waals surface area (Å²) in [4.78, 5) is 35.3. The Balaban J connectivity index is 1.76. The molecule has 2 heterocycles. The number of aryl methyl sites for hydroxylation is 1. The van der Waals surface area contributed by atoms with Crippen molar-refractivity contribution in [2.24, 2.45) is 0 Å². The summed E-state index contributed by atoms with van der Waals surface area (Å²) in [5, 5.41) is 12.7. The Labute approximate surface area is 160 Å². The van der Waals surface area contributed by atoms with Crippen molar-refractivity contribution in [3.05, 3.63) is 56.4 Å². The molecule has 0 unspecified atom stereocenters. The molecule has 0 aliphatic carbocycles. The first-order valence-electron chi connectivity index (χ1n) is 8.58. The molecule has 0 saturated heterocycles. The third kappa shape index (κ3) is 4.35. The van der Waals surface area contributed by atoms with Gasteiger partial charge < -0.3 is 20.3 Å². The molecule has 3 rings (SSSR count). The van der Waals surface area contributed by atoms with Gasteiger partial charge in [-0.25, -0.2) is 4.98 Å². The molecule has 8 heteroatoms. The molecule has 3 aromatic rings. The van der Waals surface area contributed by atoms with Crippen molar-refractivity contribution in [2.75, 3.05) is 20.6 Å². The lowest BCUT2D eigenvalue weighted by Gasteiger charge is -2.07. The van der Waals surface area contributed by atoms with Gasteiger partial charge in [0, 0.05) is 6.54 Å². The number of nitrogens with zero attached hydrogens (tertiary/aromatic N) is 2. The van der Waals surface area contributed by atoms with Crippen molar-refractivity contribution in [3.8, 4) is 5.75 Å². The fourth-order valence-corrected chi connectivity index (χ4v) is 3.96. The predicted octanol–water partition coefficient (Wildman–Crippen LogP) is 2.03. The zero-order valence-corrected chi connectivity index (χ0v) is 16.3. The van der Waals surface area contributed by atoms with Crippen molar-refractivity contribution in [1.82, 2.24) is 20.2 Å². The zero-order valence-electron chi connectivity index (χ0n) is 15.5. The summed E-state index contributed by atoms with van der Waals surface area (Å²) in [5.74, 6) is 0.593. The number of phenols is 1. The van der Waals surface area contributed by atoms with Crippen LogP contribution in [0.1, 0.15) is 26.6 Å². The fraction of sp³-hybridized carbons (Fsp3) is 0.316. The first kappa shape index (κ1) is 19.1. The Kier molecular flexibility index (Phi) is 5.57. The number of H-pyrrole nitrogens is 1. The van der Waals surface area contributed by atoms with Crippen LogP contribution in [0.25, 0.3) is 10.2 Å². The third-order valence-electron chi connectivity index (χ3n) is 4.16. The van der Waals surface area contributed by atoms with Crippen LogP contribution in [0.4, 0.5) is 0 Å². The number of benzene rings is 1. The van der Waals surface area contributed by atoms with Crippen molar-refractivity contribution in [3.63, 3.8) is 0 Å². The summed E-state index contributed by atoms with van der Waals surface area (Å²) in [7, 11) is 3.80. The van der Waals surface area contributed by atoms with Crippen molar-refractivity contribution in [2.45, 2.75) is 19.9 Å². The quantitative estimate of drug-likeness (QED) is 0.602. The summed E-state index contributed by atoms with van der Waals surface area (Å²) in [6.07, 6.45) is 0.655. The van der Waals surface area contributed by atoms with Crippen molar-refractivity contribution >= 4 is 27.5 Å². The molecule has 27 heavy (non-hydrogen) atoms. The van der Waals surface area contributed by atoms with Gasteiger partial charge in [0.15, 0.2) is 0 Å². The van der Waals surface area contributed by atoms with Gasteiger partial charge in [-0.2, -0.15) is 0 Å². The molecular formula is C19H22N4O3S. The van der Waals surface area contributed by atoms with Crippen LogP contribution in [0.2, 0.25) is 0 Å². The van der Waals surface area contributed by atoms with Crippen LogP contribution in [0.15, 0.2) is 29.1 Å². The number of hydrogen-bond donors (Lipinski definition) is 3. The maximum atomic E-state index is 12.6. The molecule has 142 valence electrons. The van der Waals surface area contributed by atoms with Gasteiger partial charge in [0.05, 0.1) is 16.8 Å². The van der Waals surface area contributed by atoms with Gasteiger partial charge >= 0.3 is 0 Å². The van der Waals surface area contributed by atoms with Crippen molar-refractivity contribution < 1.29 is 9.90 Å². The summed E-state index contributed by atoms with van der Waals surface area (Å²) in [6.45, 7) is 2.76. The molecule has 0 aliphatic heterocycles. The molecule has 0 spiro atoms. The number of nitrogens with one attached hydrogen (secondary N) is 2. The molecule has 0 radical (unpaired) electrons. The Morgan fingerprint density at radius 3 is 2.67 bits per heavy atom. The number of amides is 1. The number of aromatic amines is 1. The molecule has 3 N–H and O–H groups in total. The maximum Gasteiger partial charge on any atom is 0.261 e. The highest BCUT2D eigenvalue weighted by Crippen LogP contribution is 2.27. The molecule has 1 amide bonds. The second-order valence-corrected chi connectivity index (χ2v) is 7.66. The minimum Gasteiger partial charge on any atom is -0.508 e. The standard InChI is InChI=1S/C19H22N4O3S/c1-11-15-17(25)21-14(10-23(2)3)22-19(15)27-16(11)18(26)20-9-8-12-4-6-13(24)7-5-12/h4-7,24H,8-10H2,1-3H3,(H,20,26)(H,21,22,25). The molecule has 0 atom stereocenters. The molecule has 0 fully saturated rings. The highest BCUT2D eigenvalue weighted by atomic mass is 32.1. The number of thiophene rings is 1. The number of carbonyl (C=O) groups excluding carboxylic acids is 1. The van der Waals surface area contributed by atoms with E-state index in [1.54, 1.807) is 19.1 Å². The van der Waals surface area contributed by atoms with Crippen LogP contribution < -0.4 is 10.9 Å². The molecule has 2 aromatic heterocycles. The molecule has 0 bridgehead atoms. The summed E-state index contributed by atoms with van der Waals surface area (Å²) >= 11 is 1.24. The van der Waals surface area contributed by atoms with Gasteiger partial charge in [-0.3, -0.25) is 9.59 Å². The Morgan fingerprint density at radius 2 is 2.00 bits per heavy atom. The van der Waals surface area contributed by atoms with Crippen LogP contribution in [0, 0.1) is 6.92 Å². The highest BCUT2D eigenvalue weighted by Gasteiger charge is 2.19. The lowest BCUT2D eigenvalue weighted by molar-refractivity contribution is 0.0957. The number of carbonyl (C=O) groups is 1. The normalized spacial score (nSPS) is 11.3. The van der Waals surface area contributed by atoms with Crippen LogP contribution in [0.5, 0.6) is 5.75 Å². The van der Waals surface area contributed by atoms with Crippen LogP contribution in [0.3, 0.4) is 0 Å². The van der Waals surface area contributed by atoms with E-state index in [-0.39, 0.29) is 17.2 Å². The van der Waals surface area contributed by atoms with E-state index in [4.69, 9.17) is 0 Å². The number of rotatable bonds is 6. The van der Waals surface area contributed by atoms with E-state index in [0.717, 1.165) is 5.56 Å². The number of aromatic hydroxyl groups is 1. The van der Waals surface area contributed by atoms with E-state index >= 15 is 0 Å². The SMILES string of the molecule is Cc1c(C(=O)NCCc2ccc(O)cc2)sc2nc(CN(C)C)[nH]c(=O)c12. The maximum absolute atomic E-state index is 12.6. The van der Waals surface area contributed by atoms with Gasteiger partial charge in [-0.05, 0) is 50.7 Å². The lowest BCUT2D eigenvalue weighted by atomic mass is 10.1.